The van der Waals surface area contributed by atoms with Crippen LogP contribution in [0.5, 0.6) is 0 Å². The van der Waals surface area contributed by atoms with Gasteiger partial charge in [0.2, 0.25) is 0 Å². The molecule has 1 saturated heterocycles. The Morgan fingerprint density at radius 3 is 1.77 bits per heavy atom. The zero-order valence-electron chi connectivity index (χ0n) is 28.0. The molecule has 11 nitrogen and oxygen atoms in total. The van der Waals surface area contributed by atoms with Crippen LogP contribution in [0.1, 0.15) is 36.6 Å². The van der Waals surface area contributed by atoms with Crippen LogP contribution in [-0.2, 0) is 30.3 Å². The summed E-state index contributed by atoms with van der Waals surface area (Å²) in [6.07, 6.45) is -4.67. The van der Waals surface area contributed by atoms with E-state index in [4.69, 9.17) is 40.8 Å². The monoisotopic (exact) mass is 749 g/mol. The third-order valence-electron chi connectivity index (χ3n) is 8.09. The lowest BCUT2D eigenvalue weighted by Gasteiger charge is -2.45. The minimum absolute atomic E-state index is 0.0983. The summed E-state index contributed by atoms with van der Waals surface area (Å²) in [5.74, 6) is -1.97. The van der Waals surface area contributed by atoms with Crippen LogP contribution >= 0.6 is 23.4 Å². The molecule has 0 amide bonds. The molecule has 0 spiro atoms. The molecule has 53 heavy (non-hydrogen) atoms. The van der Waals surface area contributed by atoms with Crippen LogP contribution in [0, 0.1) is 0 Å². The van der Waals surface area contributed by atoms with E-state index in [1.165, 1.54) is 11.8 Å². The predicted molar refractivity (Wildman–Crippen MR) is 198 cm³/mol. The fraction of sp³-hybridized carbons (Fsp3) is 0.175. The van der Waals surface area contributed by atoms with E-state index in [-0.39, 0.29) is 35.1 Å². The van der Waals surface area contributed by atoms with E-state index in [0.717, 1.165) is 4.90 Å². The van der Waals surface area contributed by atoms with E-state index >= 15 is 0 Å². The van der Waals surface area contributed by atoms with Crippen molar-refractivity contribution in [2.45, 2.75) is 41.4 Å². The normalized spacial score (nSPS) is 19.3. The number of hydrogen-bond acceptors (Lipinski definition) is 10. The maximum Gasteiger partial charge on any atom is 0.338 e. The second-order valence-electron chi connectivity index (χ2n) is 11.7. The first-order chi connectivity index (χ1) is 25.9. The topological polar surface area (TPSA) is 146 Å². The molecule has 5 atom stereocenters. The van der Waals surface area contributed by atoms with Crippen molar-refractivity contribution < 1.29 is 38.1 Å². The SMILES string of the molecule is [N-]=[N+]=Nc1ccc(CO[C@@H]2[C@@H](OC(=O)c3ccccc3)[C@H](Sc3ccccc3)O[C@H](COC(=O)c3ccccc3)[C@H]2OC(=O)c2ccccc2)cc1Cl. The number of benzene rings is 5. The van der Waals surface area contributed by atoms with Crippen molar-refractivity contribution in [3.8, 4) is 0 Å². The van der Waals surface area contributed by atoms with Crippen molar-refractivity contribution in [1.82, 2.24) is 0 Å². The number of carbonyl (C=O) groups is 3. The van der Waals surface area contributed by atoms with Crippen LogP contribution < -0.4 is 0 Å². The van der Waals surface area contributed by atoms with Gasteiger partial charge in [-0.1, -0.05) is 113 Å². The van der Waals surface area contributed by atoms with Crippen molar-refractivity contribution in [3.63, 3.8) is 0 Å². The third-order valence-corrected chi connectivity index (χ3v) is 9.55. The Morgan fingerprint density at radius 1 is 0.698 bits per heavy atom. The lowest BCUT2D eigenvalue weighted by atomic mass is 9.98. The largest absolute Gasteiger partial charge is 0.459 e. The molecule has 1 aliphatic heterocycles. The van der Waals surface area contributed by atoms with Crippen LogP contribution in [-0.4, -0.2) is 54.4 Å². The minimum atomic E-state index is -1.26. The highest BCUT2D eigenvalue weighted by atomic mass is 35.5. The molecule has 0 radical (unpaired) electrons. The molecule has 0 aliphatic carbocycles. The molecule has 0 N–H and O–H groups in total. The zero-order valence-corrected chi connectivity index (χ0v) is 29.5. The fourth-order valence-corrected chi connectivity index (χ4v) is 6.87. The van der Waals surface area contributed by atoms with E-state index in [1.807, 2.05) is 30.3 Å². The van der Waals surface area contributed by atoms with Gasteiger partial charge in [-0.2, -0.15) is 0 Å². The number of ether oxygens (including phenoxy) is 5. The quantitative estimate of drug-likeness (QED) is 0.0378. The molecule has 5 aromatic carbocycles. The summed E-state index contributed by atoms with van der Waals surface area (Å²) in [6.45, 7) is -0.433. The summed E-state index contributed by atoms with van der Waals surface area (Å²) in [7, 11) is 0. The van der Waals surface area contributed by atoms with Gasteiger partial charge in [-0.3, -0.25) is 0 Å². The molecule has 1 aliphatic rings. The van der Waals surface area contributed by atoms with Crippen molar-refractivity contribution in [1.29, 1.82) is 0 Å². The number of thioether (sulfide) groups is 1. The number of hydrogen-bond donors (Lipinski definition) is 0. The number of halogens is 1. The van der Waals surface area contributed by atoms with Crippen LogP contribution in [0.15, 0.2) is 150 Å². The first-order valence-electron chi connectivity index (χ1n) is 16.5. The molecular weight excluding hydrogens is 718 g/mol. The maximum atomic E-state index is 13.7. The van der Waals surface area contributed by atoms with Gasteiger partial charge in [0.15, 0.2) is 12.2 Å². The number of esters is 3. The standard InChI is InChI=1S/C40H32ClN3O8S/c41-31-23-26(21-22-32(31)43-44-42)24-48-35-34(51-38(46)28-15-7-2-8-16-28)33(25-49-37(45)27-13-5-1-6-14-27)50-40(53-30-19-11-4-12-20-30)36(35)52-39(47)29-17-9-3-10-18-29/h1-23,33-36,40H,24-25H2/t33-,34-,35+,36-,40+/m1/s1. The highest BCUT2D eigenvalue weighted by Crippen LogP contribution is 2.39. The van der Waals surface area contributed by atoms with E-state index in [1.54, 1.807) is 109 Å². The zero-order chi connectivity index (χ0) is 37.0. The van der Waals surface area contributed by atoms with Crippen molar-refractivity contribution in [2.24, 2.45) is 5.11 Å². The lowest BCUT2D eigenvalue weighted by molar-refractivity contribution is -0.223. The van der Waals surface area contributed by atoms with E-state index in [9.17, 15) is 14.4 Å². The summed E-state index contributed by atoms with van der Waals surface area (Å²) < 4.78 is 31.3. The Kier molecular flexibility index (Phi) is 12.8. The second-order valence-corrected chi connectivity index (χ2v) is 13.2. The number of nitrogens with zero attached hydrogens (tertiary/aromatic N) is 3. The van der Waals surface area contributed by atoms with Crippen molar-refractivity contribution in [3.05, 3.63) is 177 Å². The number of azide groups is 1. The van der Waals surface area contributed by atoms with Crippen molar-refractivity contribution >= 4 is 47.0 Å². The smallest absolute Gasteiger partial charge is 0.338 e. The van der Waals surface area contributed by atoms with Gasteiger partial charge in [-0.15, -0.1) is 0 Å². The second kappa shape index (κ2) is 18.2. The molecule has 5 aromatic rings. The van der Waals surface area contributed by atoms with E-state index < -0.39 is 47.8 Å². The molecule has 268 valence electrons. The van der Waals surface area contributed by atoms with Crippen LogP contribution in [0.2, 0.25) is 5.02 Å². The molecule has 0 bridgehead atoms. The molecular formula is C40H32ClN3O8S. The average molecular weight is 750 g/mol. The molecule has 0 aromatic heterocycles. The third kappa shape index (κ3) is 9.83. The summed E-state index contributed by atoms with van der Waals surface area (Å²) in [5, 5.41) is 3.79. The van der Waals surface area contributed by atoms with Crippen LogP contribution in [0.25, 0.3) is 10.4 Å². The maximum absolute atomic E-state index is 13.7. The Balaban J connectivity index is 1.40. The Labute approximate surface area is 314 Å². The average Bonchev–Trinajstić information content (AvgIpc) is 3.20. The highest BCUT2D eigenvalue weighted by molar-refractivity contribution is 7.99. The minimum Gasteiger partial charge on any atom is -0.459 e. The van der Waals surface area contributed by atoms with E-state index in [2.05, 4.69) is 10.0 Å². The first-order valence-corrected chi connectivity index (χ1v) is 17.7. The molecule has 0 unspecified atom stereocenters. The van der Waals surface area contributed by atoms with Gasteiger partial charge in [-0.05, 0) is 65.7 Å². The predicted octanol–water partition coefficient (Wildman–Crippen LogP) is 8.99. The highest BCUT2D eigenvalue weighted by Gasteiger charge is 2.52. The lowest BCUT2D eigenvalue weighted by Crippen LogP contribution is -2.61. The molecule has 6 rings (SSSR count). The van der Waals surface area contributed by atoms with Crippen LogP contribution in [0.4, 0.5) is 5.69 Å². The van der Waals surface area contributed by atoms with Gasteiger partial charge in [0.1, 0.15) is 24.3 Å². The van der Waals surface area contributed by atoms with Gasteiger partial charge in [0.25, 0.3) is 0 Å². The molecule has 1 heterocycles. The number of rotatable bonds is 13. The Bertz CT molecular complexity index is 2050. The Morgan fingerprint density at radius 2 is 1.23 bits per heavy atom. The van der Waals surface area contributed by atoms with Gasteiger partial charge < -0.3 is 23.7 Å². The van der Waals surface area contributed by atoms with Crippen molar-refractivity contribution in [2.75, 3.05) is 6.61 Å². The Hall–Kier alpha value is -5.62. The fourth-order valence-electron chi connectivity index (χ4n) is 5.51. The summed E-state index contributed by atoms with van der Waals surface area (Å²) in [5.41, 5.74) is 9.64. The van der Waals surface area contributed by atoms with Crippen LogP contribution in [0.3, 0.4) is 0 Å². The molecule has 13 heteroatoms. The van der Waals surface area contributed by atoms with Gasteiger partial charge in [-0.25, -0.2) is 14.4 Å². The molecule has 0 saturated carbocycles. The van der Waals surface area contributed by atoms with Gasteiger partial charge in [0, 0.05) is 9.81 Å². The van der Waals surface area contributed by atoms with Gasteiger partial charge in [0.05, 0.1) is 34.0 Å². The molecule has 1 fully saturated rings. The summed E-state index contributed by atoms with van der Waals surface area (Å²) >= 11 is 7.66. The number of carbonyl (C=O) groups excluding carboxylic acids is 3. The first kappa shape index (κ1) is 37.1. The van der Waals surface area contributed by atoms with Gasteiger partial charge >= 0.3 is 17.9 Å². The summed E-state index contributed by atoms with van der Waals surface area (Å²) in [6, 6.07) is 39.4. The van der Waals surface area contributed by atoms with E-state index in [0.29, 0.717) is 11.1 Å². The summed E-state index contributed by atoms with van der Waals surface area (Å²) in [4.78, 5) is 44.1.